The Kier molecular flexibility index (Phi) is 7.26. The molecule has 1 fully saturated rings. The zero-order chi connectivity index (χ0) is 28.4. The number of hydrogen-bond donors (Lipinski definition) is 1. The average Bonchev–Trinajstić information content (AvgIpc) is 2.96. The van der Waals surface area contributed by atoms with Gasteiger partial charge in [0.2, 0.25) is 5.96 Å². The summed E-state index contributed by atoms with van der Waals surface area (Å²) in [5, 5.41) is 19.3. The van der Waals surface area contributed by atoms with E-state index in [9.17, 15) is 28.3 Å². The molecule has 8 nitrogen and oxygen atoms in total. The number of hydrogen-bond acceptors (Lipinski definition) is 7. The standard InChI is InChI=1S/C29H26F3N5O3/c1-40-23-7-3-5-21(16-23)35-10-12-36(13-11-35)28-34-25-9-8-19(18-33)14-24(25)26(17-27(38)39)37(28)22-6-2-4-20(15-22)29(30,31)32/h2-9,14-16,26H,10-13,17H2,1H3,(H,38,39). The molecule has 2 heterocycles. The Balaban J connectivity index is 1.56. The zero-order valence-corrected chi connectivity index (χ0v) is 21.6. The SMILES string of the molecule is COc1cccc(N2CCN(C3=Nc4ccc(C#N)cc4C(CC(=O)O)N3c3cccc(C(F)(F)F)c3)CC2)c1. The number of carboxylic acid groups (broad SMARTS) is 1. The molecule has 0 radical (unpaired) electrons. The predicted molar refractivity (Wildman–Crippen MR) is 144 cm³/mol. The zero-order valence-electron chi connectivity index (χ0n) is 21.6. The van der Waals surface area contributed by atoms with Gasteiger partial charge in [0.1, 0.15) is 5.75 Å². The number of ether oxygens (including phenoxy) is 1. The Hall–Kier alpha value is -4.72. The second kappa shape index (κ2) is 10.8. The van der Waals surface area contributed by atoms with Crippen LogP contribution in [0.4, 0.5) is 30.2 Å². The molecule has 0 bridgehead atoms. The van der Waals surface area contributed by atoms with Crippen molar-refractivity contribution in [2.45, 2.75) is 18.6 Å². The van der Waals surface area contributed by atoms with Crippen LogP contribution in [-0.4, -0.2) is 55.2 Å². The van der Waals surface area contributed by atoms with Crippen molar-refractivity contribution in [1.29, 1.82) is 5.26 Å². The summed E-state index contributed by atoms with van der Waals surface area (Å²) in [5.41, 5.74) is 1.57. The van der Waals surface area contributed by atoms with Crippen LogP contribution < -0.4 is 14.5 Å². The van der Waals surface area contributed by atoms with E-state index in [1.165, 1.54) is 12.1 Å². The molecule has 0 amide bonds. The molecule has 40 heavy (non-hydrogen) atoms. The number of benzene rings is 3. The fraction of sp³-hybridized carbons (Fsp3) is 0.276. The molecule has 1 N–H and O–H groups in total. The quantitative estimate of drug-likeness (QED) is 0.454. The van der Waals surface area contributed by atoms with E-state index in [1.54, 1.807) is 30.2 Å². The number of methoxy groups -OCH3 is 1. The van der Waals surface area contributed by atoms with E-state index < -0.39 is 30.2 Å². The second-order valence-corrected chi connectivity index (χ2v) is 9.50. The summed E-state index contributed by atoms with van der Waals surface area (Å²) in [6, 6.07) is 18.5. The number of piperazine rings is 1. The van der Waals surface area contributed by atoms with Gasteiger partial charge in [-0.2, -0.15) is 18.4 Å². The first kappa shape index (κ1) is 26.9. The van der Waals surface area contributed by atoms with Gasteiger partial charge >= 0.3 is 12.1 Å². The fourth-order valence-corrected chi connectivity index (χ4v) is 5.12. The number of aliphatic carboxylic acids is 1. The summed E-state index contributed by atoms with van der Waals surface area (Å²) in [5.74, 6) is -0.0235. The van der Waals surface area contributed by atoms with Crippen molar-refractivity contribution in [3.63, 3.8) is 0 Å². The lowest BCUT2D eigenvalue weighted by Gasteiger charge is -2.45. The minimum absolute atomic E-state index is 0.170. The van der Waals surface area contributed by atoms with Gasteiger partial charge in [-0.1, -0.05) is 12.1 Å². The van der Waals surface area contributed by atoms with Crippen molar-refractivity contribution in [2.75, 3.05) is 43.1 Å². The molecule has 0 aromatic heterocycles. The first-order valence-corrected chi connectivity index (χ1v) is 12.6. The smallest absolute Gasteiger partial charge is 0.416 e. The maximum absolute atomic E-state index is 13.7. The highest BCUT2D eigenvalue weighted by Crippen LogP contribution is 2.42. The van der Waals surface area contributed by atoms with Gasteiger partial charge in [0.25, 0.3) is 0 Å². The lowest BCUT2D eigenvalue weighted by atomic mass is 9.95. The summed E-state index contributed by atoms with van der Waals surface area (Å²) in [6.07, 6.45) is -4.99. The van der Waals surface area contributed by atoms with Crippen LogP contribution in [0.3, 0.4) is 0 Å². The molecule has 3 aromatic carbocycles. The first-order chi connectivity index (χ1) is 19.2. The van der Waals surface area contributed by atoms with E-state index in [-0.39, 0.29) is 5.69 Å². The van der Waals surface area contributed by atoms with Crippen molar-refractivity contribution in [1.82, 2.24) is 4.90 Å². The summed E-state index contributed by atoms with van der Waals surface area (Å²) in [6.45, 7) is 2.20. The number of carboxylic acids is 1. The van der Waals surface area contributed by atoms with Crippen LogP contribution in [0.5, 0.6) is 5.75 Å². The van der Waals surface area contributed by atoms with Crippen LogP contribution in [0.15, 0.2) is 71.7 Å². The number of nitriles is 1. The van der Waals surface area contributed by atoms with E-state index in [0.717, 1.165) is 23.6 Å². The molecule has 5 rings (SSSR count). The number of halogens is 3. The minimum atomic E-state index is -4.58. The molecule has 0 spiro atoms. The molecule has 0 aliphatic carbocycles. The summed E-state index contributed by atoms with van der Waals surface area (Å²) < 4.78 is 46.4. The van der Waals surface area contributed by atoms with Gasteiger partial charge in [-0.15, -0.1) is 0 Å². The lowest BCUT2D eigenvalue weighted by Crippen LogP contribution is -2.55. The van der Waals surface area contributed by atoms with Crippen molar-refractivity contribution in [2.24, 2.45) is 4.99 Å². The predicted octanol–water partition coefficient (Wildman–Crippen LogP) is 5.43. The van der Waals surface area contributed by atoms with Gasteiger partial charge in [-0.05, 0) is 48.5 Å². The van der Waals surface area contributed by atoms with Crippen LogP contribution in [0.25, 0.3) is 0 Å². The van der Waals surface area contributed by atoms with Crippen LogP contribution in [-0.2, 0) is 11.0 Å². The molecular formula is C29H26F3N5O3. The Morgan fingerprint density at radius 2 is 1.73 bits per heavy atom. The van der Waals surface area contributed by atoms with E-state index in [1.807, 2.05) is 35.2 Å². The number of nitrogens with zero attached hydrogens (tertiary/aromatic N) is 5. The monoisotopic (exact) mass is 549 g/mol. The van der Waals surface area contributed by atoms with E-state index >= 15 is 0 Å². The fourth-order valence-electron chi connectivity index (χ4n) is 5.12. The topological polar surface area (TPSA) is 92.4 Å². The van der Waals surface area contributed by atoms with Gasteiger partial charge in [0, 0.05) is 49.2 Å². The summed E-state index contributed by atoms with van der Waals surface area (Å²) in [7, 11) is 1.60. The number of alkyl halides is 3. The van der Waals surface area contributed by atoms with Gasteiger partial charge in [-0.3, -0.25) is 4.79 Å². The second-order valence-electron chi connectivity index (χ2n) is 9.50. The van der Waals surface area contributed by atoms with Gasteiger partial charge in [-0.25, -0.2) is 4.99 Å². The third kappa shape index (κ3) is 5.38. The minimum Gasteiger partial charge on any atom is -0.497 e. The molecule has 206 valence electrons. The van der Waals surface area contributed by atoms with Gasteiger partial charge in [0.05, 0.1) is 42.5 Å². The third-order valence-electron chi connectivity index (χ3n) is 7.06. The van der Waals surface area contributed by atoms with Gasteiger partial charge in [0.15, 0.2) is 0 Å². The number of anilines is 2. The molecule has 1 unspecified atom stereocenters. The molecule has 1 atom stereocenters. The molecule has 2 aliphatic heterocycles. The number of guanidine groups is 1. The number of aliphatic imine (C=N–C) groups is 1. The highest BCUT2D eigenvalue weighted by atomic mass is 19.4. The first-order valence-electron chi connectivity index (χ1n) is 12.6. The Morgan fingerprint density at radius 3 is 2.40 bits per heavy atom. The molecule has 2 aliphatic rings. The summed E-state index contributed by atoms with van der Waals surface area (Å²) in [4.78, 5) is 22.6. The molecular weight excluding hydrogens is 523 g/mol. The number of fused-ring (bicyclic) bond motifs is 1. The van der Waals surface area contributed by atoms with E-state index in [2.05, 4.69) is 4.90 Å². The maximum Gasteiger partial charge on any atom is 0.416 e. The van der Waals surface area contributed by atoms with Crippen LogP contribution in [0.2, 0.25) is 0 Å². The van der Waals surface area contributed by atoms with Gasteiger partial charge < -0.3 is 24.5 Å². The lowest BCUT2D eigenvalue weighted by molar-refractivity contribution is -0.138. The van der Waals surface area contributed by atoms with Crippen molar-refractivity contribution >= 4 is 29.0 Å². The molecule has 11 heteroatoms. The Labute approximate surface area is 229 Å². The normalized spacial score (nSPS) is 17.1. The van der Waals surface area contributed by atoms with Crippen molar-refractivity contribution in [3.8, 4) is 11.8 Å². The van der Waals surface area contributed by atoms with Crippen LogP contribution in [0.1, 0.15) is 29.2 Å². The maximum atomic E-state index is 13.7. The molecule has 1 saturated heterocycles. The Bertz CT molecular complexity index is 1490. The largest absolute Gasteiger partial charge is 0.497 e. The van der Waals surface area contributed by atoms with E-state index in [0.29, 0.717) is 49.0 Å². The third-order valence-corrected chi connectivity index (χ3v) is 7.06. The molecule has 3 aromatic rings. The van der Waals surface area contributed by atoms with Crippen molar-refractivity contribution in [3.05, 3.63) is 83.4 Å². The number of carbonyl (C=O) groups is 1. The summed E-state index contributed by atoms with van der Waals surface area (Å²) >= 11 is 0. The number of rotatable bonds is 5. The van der Waals surface area contributed by atoms with E-state index in [4.69, 9.17) is 9.73 Å². The average molecular weight is 550 g/mol. The molecule has 0 saturated carbocycles. The Morgan fingerprint density at radius 1 is 1.02 bits per heavy atom. The highest BCUT2D eigenvalue weighted by Gasteiger charge is 2.38. The van der Waals surface area contributed by atoms with Crippen LogP contribution >= 0.6 is 0 Å². The highest BCUT2D eigenvalue weighted by molar-refractivity contribution is 6.01. The van der Waals surface area contributed by atoms with Crippen LogP contribution in [0, 0.1) is 11.3 Å². The van der Waals surface area contributed by atoms with Crippen molar-refractivity contribution < 1.29 is 27.8 Å².